The van der Waals surface area contributed by atoms with Crippen LogP contribution in [-0.2, 0) is 0 Å². The summed E-state index contributed by atoms with van der Waals surface area (Å²) in [6.45, 7) is 5.24. The number of rotatable bonds is 3. The van der Waals surface area contributed by atoms with Gasteiger partial charge in [0.05, 0.1) is 0 Å². The summed E-state index contributed by atoms with van der Waals surface area (Å²) in [5, 5.41) is 0.862. The highest BCUT2D eigenvalue weighted by Gasteiger charge is 2.17. The molecule has 0 aliphatic rings. The minimum Gasteiger partial charge on any atom is -0.451 e. The van der Waals surface area contributed by atoms with Crippen LogP contribution in [0.1, 0.15) is 24.4 Å². The highest BCUT2D eigenvalue weighted by Crippen LogP contribution is 2.22. The first kappa shape index (κ1) is 11.5. The number of hydrogen-bond donors (Lipinski definition) is 1. The molecule has 2 aromatic rings. The largest absolute Gasteiger partial charge is 0.451 e. The zero-order valence-corrected chi connectivity index (χ0v) is 10.1. The Labute approximate surface area is 100.0 Å². The van der Waals surface area contributed by atoms with Crippen LogP contribution in [0.25, 0.3) is 11.0 Å². The van der Waals surface area contributed by atoms with E-state index in [4.69, 9.17) is 10.2 Å². The van der Waals surface area contributed by atoms with Crippen molar-refractivity contribution in [3.8, 4) is 0 Å². The fourth-order valence-electron chi connectivity index (χ4n) is 1.83. The molecule has 0 saturated heterocycles. The van der Waals surface area contributed by atoms with E-state index < -0.39 is 0 Å². The zero-order valence-electron chi connectivity index (χ0n) is 10.1. The van der Waals surface area contributed by atoms with Crippen LogP contribution >= 0.6 is 0 Å². The number of nitrogen functional groups attached to an aromatic ring is 1. The topological polar surface area (TPSA) is 59.5 Å². The fourth-order valence-corrected chi connectivity index (χ4v) is 1.83. The van der Waals surface area contributed by atoms with Crippen molar-refractivity contribution in [2.75, 3.05) is 18.8 Å². The minimum absolute atomic E-state index is 0.0789. The van der Waals surface area contributed by atoms with E-state index in [1.165, 1.54) is 0 Å². The number of nitrogens with zero attached hydrogens (tertiary/aromatic N) is 1. The lowest BCUT2D eigenvalue weighted by molar-refractivity contribution is 0.0743. The van der Waals surface area contributed by atoms with Crippen LogP contribution in [0.15, 0.2) is 28.7 Å². The van der Waals surface area contributed by atoms with Crippen LogP contribution in [-0.4, -0.2) is 23.9 Å². The van der Waals surface area contributed by atoms with E-state index in [-0.39, 0.29) is 5.91 Å². The maximum atomic E-state index is 12.1. The zero-order chi connectivity index (χ0) is 12.4. The van der Waals surface area contributed by atoms with E-state index in [1.807, 2.05) is 13.8 Å². The van der Waals surface area contributed by atoms with Crippen LogP contribution in [0.3, 0.4) is 0 Å². The summed E-state index contributed by atoms with van der Waals surface area (Å²) in [5.74, 6) is 0.291. The summed E-state index contributed by atoms with van der Waals surface area (Å²) in [6, 6.07) is 7.09. The third-order valence-corrected chi connectivity index (χ3v) is 2.80. The first-order valence-electron chi connectivity index (χ1n) is 5.74. The van der Waals surface area contributed by atoms with Gasteiger partial charge in [-0.25, -0.2) is 0 Å². The number of anilines is 1. The quantitative estimate of drug-likeness (QED) is 0.827. The highest BCUT2D eigenvalue weighted by molar-refractivity contribution is 5.96. The van der Waals surface area contributed by atoms with Crippen LogP contribution in [0, 0.1) is 0 Å². The smallest absolute Gasteiger partial charge is 0.289 e. The molecule has 4 nitrogen and oxygen atoms in total. The van der Waals surface area contributed by atoms with Crippen LogP contribution in [0.5, 0.6) is 0 Å². The Kier molecular flexibility index (Phi) is 3.04. The second kappa shape index (κ2) is 4.49. The van der Waals surface area contributed by atoms with Crippen molar-refractivity contribution in [2.45, 2.75) is 13.8 Å². The van der Waals surface area contributed by atoms with Crippen molar-refractivity contribution in [1.82, 2.24) is 4.90 Å². The van der Waals surface area contributed by atoms with E-state index in [2.05, 4.69) is 0 Å². The summed E-state index contributed by atoms with van der Waals surface area (Å²) in [4.78, 5) is 13.8. The monoisotopic (exact) mass is 232 g/mol. The maximum absolute atomic E-state index is 12.1. The molecule has 0 saturated carbocycles. The lowest BCUT2D eigenvalue weighted by Gasteiger charge is -2.16. The molecule has 1 aromatic heterocycles. The predicted molar refractivity (Wildman–Crippen MR) is 67.9 cm³/mol. The Balaban J connectivity index is 2.39. The average molecular weight is 232 g/mol. The second-order valence-corrected chi connectivity index (χ2v) is 3.89. The van der Waals surface area contributed by atoms with Gasteiger partial charge in [0.15, 0.2) is 5.76 Å². The van der Waals surface area contributed by atoms with Gasteiger partial charge in [0, 0.05) is 24.2 Å². The predicted octanol–water partition coefficient (Wildman–Crippen LogP) is 2.50. The maximum Gasteiger partial charge on any atom is 0.289 e. The normalized spacial score (nSPS) is 10.7. The molecule has 1 amide bonds. The molecule has 0 bridgehead atoms. The average Bonchev–Trinajstić information content (AvgIpc) is 2.73. The van der Waals surface area contributed by atoms with Gasteiger partial charge in [-0.1, -0.05) is 0 Å². The minimum atomic E-state index is -0.0789. The van der Waals surface area contributed by atoms with E-state index >= 15 is 0 Å². The molecule has 0 aliphatic carbocycles. The summed E-state index contributed by atoms with van der Waals surface area (Å²) in [7, 11) is 0. The number of hydrogen-bond acceptors (Lipinski definition) is 3. The first-order valence-corrected chi connectivity index (χ1v) is 5.74. The molecule has 0 unspecified atom stereocenters. The number of carbonyl (C=O) groups is 1. The molecule has 0 fully saturated rings. The number of furan rings is 1. The summed E-state index contributed by atoms with van der Waals surface area (Å²) >= 11 is 0. The van der Waals surface area contributed by atoms with Gasteiger partial charge in [-0.2, -0.15) is 0 Å². The van der Waals surface area contributed by atoms with Gasteiger partial charge >= 0.3 is 0 Å². The van der Waals surface area contributed by atoms with E-state index in [0.29, 0.717) is 30.1 Å². The number of nitrogens with two attached hydrogens (primary N) is 1. The van der Waals surface area contributed by atoms with E-state index in [1.54, 1.807) is 29.2 Å². The molecule has 0 radical (unpaired) electrons. The summed E-state index contributed by atoms with van der Waals surface area (Å²) in [6.07, 6.45) is 0. The lowest BCUT2D eigenvalue weighted by atomic mass is 10.2. The molecular formula is C13H16N2O2. The molecule has 90 valence electrons. The number of carbonyl (C=O) groups excluding carboxylic acids is 1. The van der Waals surface area contributed by atoms with Crippen LogP contribution < -0.4 is 5.73 Å². The third kappa shape index (κ3) is 2.11. The highest BCUT2D eigenvalue weighted by atomic mass is 16.3. The summed E-state index contributed by atoms with van der Waals surface area (Å²) in [5.41, 5.74) is 7.04. The van der Waals surface area contributed by atoms with Crippen molar-refractivity contribution in [2.24, 2.45) is 0 Å². The van der Waals surface area contributed by atoms with Crippen molar-refractivity contribution in [3.05, 3.63) is 30.0 Å². The molecule has 2 rings (SSSR count). The van der Waals surface area contributed by atoms with Gasteiger partial charge in [0.25, 0.3) is 5.91 Å². The number of amides is 1. The molecule has 2 N–H and O–H groups in total. The molecule has 17 heavy (non-hydrogen) atoms. The van der Waals surface area contributed by atoms with Gasteiger partial charge in [0.1, 0.15) is 5.58 Å². The third-order valence-electron chi connectivity index (χ3n) is 2.80. The number of fused-ring (bicyclic) bond motifs is 1. The SMILES string of the molecule is CCN(CC)C(=O)c1cc2cc(N)ccc2o1. The molecule has 0 spiro atoms. The Hall–Kier alpha value is -1.97. The second-order valence-electron chi connectivity index (χ2n) is 3.89. The van der Waals surface area contributed by atoms with E-state index in [9.17, 15) is 4.79 Å². The Morgan fingerprint density at radius 2 is 2.00 bits per heavy atom. The Morgan fingerprint density at radius 1 is 1.29 bits per heavy atom. The summed E-state index contributed by atoms with van der Waals surface area (Å²) < 4.78 is 5.52. The van der Waals surface area contributed by atoms with Crippen molar-refractivity contribution in [3.63, 3.8) is 0 Å². The first-order chi connectivity index (χ1) is 8.15. The Morgan fingerprint density at radius 3 is 2.65 bits per heavy atom. The standard InChI is InChI=1S/C13H16N2O2/c1-3-15(4-2)13(16)12-8-9-7-10(14)5-6-11(9)17-12/h5-8H,3-4,14H2,1-2H3. The van der Waals surface area contributed by atoms with E-state index in [0.717, 1.165) is 5.39 Å². The molecule has 1 heterocycles. The van der Waals surface area contributed by atoms with Gasteiger partial charge in [-0.15, -0.1) is 0 Å². The molecule has 4 heteroatoms. The molecule has 0 atom stereocenters. The van der Waals surface area contributed by atoms with Crippen molar-refractivity contribution >= 4 is 22.6 Å². The van der Waals surface area contributed by atoms with Gasteiger partial charge < -0.3 is 15.1 Å². The van der Waals surface area contributed by atoms with Crippen LogP contribution in [0.2, 0.25) is 0 Å². The Bertz CT molecular complexity index is 541. The van der Waals surface area contributed by atoms with Crippen molar-refractivity contribution < 1.29 is 9.21 Å². The van der Waals surface area contributed by atoms with Crippen molar-refractivity contribution in [1.29, 1.82) is 0 Å². The number of benzene rings is 1. The fraction of sp³-hybridized carbons (Fsp3) is 0.308. The van der Waals surface area contributed by atoms with Gasteiger partial charge in [-0.3, -0.25) is 4.79 Å². The van der Waals surface area contributed by atoms with Gasteiger partial charge in [-0.05, 0) is 38.1 Å². The lowest BCUT2D eigenvalue weighted by Crippen LogP contribution is -2.30. The molecule has 1 aromatic carbocycles. The van der Waals surface area contributed by atoms with Crippen LogP contribution in [0.4, 0.5) is 5.69 Å². The molecular weight excluding hydrogens is 216 g/mol. The molecule has 0 aliphatic heterocycles. The van der Waals surface area contributed by atoms with Gasteiger partial charge in [0.2, 0.25) is 0 Å².